The van der Waals surface area contributed by atoms with Gasteiger partial charge < -0.3 is 24.6 Å². The van der Waals surface area contributed by atoms with Crippen LogP contribution < -0.4 is 0 Å². The second kappa shape index (κ2) is 33.0. The van der Waals surface area contributed by atoms with Gasteiger partial charge in [-0.05, 0) is 57.8 Å². The molecule has 0 aliphatic rings. The average molecular weight is 691 g/mol. The number of carbonyl (C=O) groups excluding carboxylic acids is 2. The lowest BCUT2D eigenvalue weighted by atomic mass is 10.1. The lowest BCUT2D eigenvalue weighted by Crippen LogP contribution is -2.29. The number of hydrogen-bond donors (Lipinski definition) is 3. The number of phosphoric ester groups is 1. The fourth-order valence-corrected chi connectivity index (χ4v) is 5.46. The van der Waals surface area contributed by atoms with E-state index in [2.05, 4.69) is 42.7 Å². The molecule has 0 fully saturated rings. The third-order valence-corrected chi connectivity index (χ3v) is 8.53. The van der Waals surface area contributed by atoms with Gasteiger partial charge in [0, 0.05) is 12.8 Å². The van der Waals surface area contributed by atoms with Crippen LogP contribution in [0.25, 0.3) is 0 Å². The topological polar surface area (TPSA) is 149 Å². The van der Waals surface area contributed by atoms with E-state index in [0.717, 1.165) is 77.0 Å². The number of aliphatic hydroxyl groups is 2. The zero-order chi connectivity index (χ0) is 34.9. The second-order valence-electron chi connectivity index (χ2n) is 12.2. The lowest BCUT2D eigenvalue weighted by Gasteiger charge is -2.20. The van der Waals surface area contributed by atoms with Gasteiger partial charge in [-0.2, -0.15) is 0 Å². The summed E-state index contributed by atoms with van der Waals surface area (Å²) in [4.78, 5) is 34.7. The molecule has 0 amide bonds. The maximum absolute atomic E-state index is 12.5. The molecule has 0 aliphatic carbocycles. The first-order valence-electron chi connectivity index (χ1n) is 18.3. The van der Waals surface area contributed by atoms with Gasteiger partial charge in [0.25, 0.3) is 0 Å². The number of phosphoric acid groups is 1. The number of ether oxygens (including phenoxy) is 2. The molecule has 0 aliphatic heterocycles. The Morgan fingerprint density at radius 3 is 1.60 bits per heavy atom. The lowest BCUT2D eigenvalue weighted by molar-refractivity contribution is -0.161. The van der Waals surface area contributed by atoms with E-state index in [1.165, 1.54) is 38.5 Å². The Hall–Kier alpha value is -1.55. The normalized spacial score (nSPS) is 14.4. The van der Waals surface area contributed by atoms with Crippen molar-refractivity contribution in [3.05, 3.63) is 24.3 Å². The number of allylic oxidation sites excluding steroid dienone is 4. The fourth-order valence-electron chi connectivity index (χ4n) is 4.67. The van der Waals surface area contributed by atoms with Crippen LogP contribution >= 0.6 is 7.82 Å². The van der Waals surface area contributed by atoms with E-state index in [9.17, 15) is 24.2 Å². The maximum atomic E-state index is 12.5. The molecule has 1 unspecified atom stereocenters. The molecule has 0 rings (SSSR count). The number of rotatable bonds is 34. The molecule has 0 aromatic heterocycles. The van der Waals surface area contributed by atoms with Gasteiger partial charge in [-0.3, -0.25) is 18.6 Å². The van der Waals surface area contributed by atoms with Gasteiger partial charge in [-0.1, -0.05) is 109 Å². The van der Waals surface area contributed by atoms with Gasteiger partial charge in [-0.15, -0.1) is 0 Å². The molecule has 3 atom stereocenters. The van der Waals surface area contributed by atoms with E-state index in [0.29, 0.717) is 12.8 Å². The Labute approximate surface area is 285 Å². The summed E-state index contributed by atoms with van der Waals surface area (Å²) >= 11 is 0. The quantitative estimate of drug-likeness (QED) is 0.0259. The zero-order valence-electron chi connectivity index (χ0n) is 29.5. The third-order valence-electron chi connectivity index (χ3n) is 7.58. The summed E-state index contributed by atoms with van der Waals surface area (Å²) in [6, 6.07) is 0. The highest BCUT2D eigenvalue weighted by Crippen LogP contribution is 2.43. The number of aliphatic hydroxyl groups excluding tert-OH is 2. The molecular weight excluding hydrogens is 623 g/mol. The SMILES string of the molecule is CCCC/C=C\CCCCCCCC(=O)OC[C@H](COP(=O)(O)OC[C@@H](O)CO)OC(=O)CCCCCCC/C=C\CCCCCC. The summed E-state index contributed by atoms with van der Waals surface area (Å²) in [6.45, 7) is 2.28. The van der Waals surface area contributed by atoms with Gasteiger partial charge in [0.05, 0.1) is 19.8 Å². The van der Waals surface area contributed by atoms with Gasteiger partial charge in [0.2, 0.25) is 0 Å². The van der Waals surface area contributed by atoms with Crippen LogP contribution in [0.2, 0.25) is 0 Å². The predicted octanol–water partition coefficient (Wildman–Crippen LogP) is 8.66. The molecule has 0 aromatic carbocycles. The van der Waals surface area contributed by atoms with Crippen molar-refractivity contribution >= 4 is 19.8 Å². The highest BCUT2D eigenvalue weighted by molar-refractivity contribution is 7.47. The first kappa shape index (κ1) is 45.5. The summed E-state index contributed by atoms with van der Waals surface area (Å²) < 4.78 is 32.5. The highest BCUT2D eigenvalue weighted by atomic mass is 31.2. The summed E-state index contributed by atoms with van der Waals surface area (Å²) in [5.74, 6) is -0.948. The molecule has 3 N–H and O–H groups in total. The van der Waals surface area contributed by atoms with Gasteiger partial charge in [0.15, 0.2) is 6.10 Å². The van der Waals surface area contributed by atoms with Crippen molar-refractivity contribution in [3.63, 3.8) is 0 Å². The Balaban J connectivity index is 4.42. The number of carbonyl (C=O) groups is 2. The predicted molar refractivity (Wildman–Crippen MR) is 187 cm³/mol. The van der Waals surface area contributed by atoms with E-state index in [1.54, 1.807) is 0 Å². The van der Waals surface area contributed by atoms with E-state index in [1.807, 2.05) is 0 Å². The van der Waals surface area contributed by atoms with Gasteiger partial charge in [0.1, 0.15) is 12.7 Å². The Bertz CT molecular complexity index is 848. The van der Waals surface area contributed by atoms with Crippen molar-refractivity contribution in [3.8, 4) is 0 Å². The van der Waals surface area contributed by atoms with E-state index in [-0.39, 0.29) is 19.4 Å². The highest BCUT2D eigenvalue weighted by Gasteiger charge is 2.27. The van der Waals surface area contributed by atoms with Crippen LogP contribution in [0.1, 0.15) is 155 Å². The molecule has 0 radical (unpaired) electrons. The number of hydrogen-bond acceptors (Lipinski definition) is 9. The first-order chi connectivity index (χ1) is 22.7. The van der Waals surface area contributed by atoms with Crippen LogP contribution in [-0.4, -0.2) is 65.7 Å². The van der Waals surface area contributed by atoms with Crippen molar-refractivity contribution in [1.29, 1.82) is 0 Å². The summed E-state index contributed by atoms with van der Waals surface area (Å²) in [5.41, 5.74) is 0. The third kappa shape index (κ3) is 32.8. The molecule has 47 heavy (non-hydrogen) atoms. The minimum atomic E-state index is -4.61. The first-order valence-corrected chi connectivity index (χ1v) is 19.8. The van der Waals surface area contributed by atoms with Crippen LogP contribution in [0.5, 0.6) is 0 Å². The molecule has 0 saturated carbocycles. The van der Waals surface area contributed by atoms with Crippen molar-refractivity contribution in [1.82, 2.24) is 0 Å². The minimum absolute atomic E-state index is 0.173. The van der Waals surface area contributed by atoms with E-state index >= 15 is 0 Å². The molecular formula is C36H67O10P. The maximum Gasteiger partial charge on any atom is 0.472 e. The molecule has 0 spiro atoms. The molecule has 0 saturated heterocycles. The Morgan fingerprint density at radius 2 is 1.06 bits per heavy atom. The molecule has 0 aromatic rings. The monoisotopic (exact) mass is 690 g/mol. The van der Waals surface area contributed by atoms with Crippen LogP contribution in [0.4, 0.5) is 0 Å². The molecule has 0 bridgehead atoms. The van der Waals surface area contributed by atoms with Crippen LogP contribution in [-0.2, 0) is 32.7 Å². The van der Waals surface area contributed by atoms with Crippen LogP contribution in [0.3, 0.4) is 0 Å². The Morgan fingerprint density at radius 1 is 0.617 bits per heavy atom. The summed E-state index contributed by atoms with van der Waals surface area (Å²) in [7, 11) is -4.61. The number of unbranched alkanes of at least 4 members (excludes halogenated alkanes) is 16. The van der Waals surface area contributed by atoms with Crippen molar-refractivity contribution in [2.45, 2.75) is 167 Å². The van der Waals surface area contributed by atoms with Gasteiger partial charge >= 0.3 is 19.8 Å². The molecule has 0 heterocycles. The summed E-state index contributed by atoms with van der Waals surface area (Å²) in [5, 5.41) is 18.2. The molecule has 11 heteroatoms. The number of esters is 2. The molecule has 276 valence electrons. The van der Waals surface area contributed by atoms with Crippen LogP contribution in [0, 0.1) is 0 Å². The fraction of sp³-hybridized carbons (Fsp3) is 0.833. The van der Waals surface area contributed by atoms with Gasteiger partial charge in [-0.25, -0.2) is 4.57 Å². The zero-order valence-corrected chi connectivity index (χ0v) is 30.4. The van der Waals surface area contributed by atoms with E-state index in [4.69, 9.17) is 19.1 Å². The van der Waals surface area contributed by atoms with Crippen molar-refractivity contribution in [2.75, 3.05) is 26.4 Å². The average Bonchev–Trinajstić information content (AvgIpc) is 3.05. The Kier molecular flexibility index (Phi) is 31.9. The summed E-state index contributed by atoms with van der Waals surface area (Å²) in [6.07, 6.45) is 28.7. The standard InChI is InChI=1S/C36H67O10P/c1-3-5-7-9-11-13-15-16-18-20-22-24-26-28-36(40)46-34(32-45-47(41,42)44-30-33(38)29-37)31-43-35(39)27-25-23-21-19-17-14-12-10-8-6-4-2/h10,12-13,15,33-34,37-38H,3-9,11,14,16-32H2,1-2H3,(H,41,42)/b12-10-,15-13-/t33-,34+/m0/s1. The van der Waals surface area contributed by atoms with Crippen molar-refractivity contribution in [2.24, 2.45) is 0 Å². The van der Waals surface area contributed by atoms with Crippen molar-refractivity contribution < 1.29 is 47.8 Å². The second-order valence-corrected chi connectivity index (χ2v) is 13.7. The largest absolute Gasteiger partial charge is 0.472 e. The smallest absolute Gasteiger partial charge is 0.462 e. The van der Waals surface area contributed by atoms with Crippen LogP contribution in [0.15, 0.2) is 24.3 Å². The molecule has 10 nitrogen and oxygen atoms in total. The minimum Gasteiger partial charge on any atom is -0.462 e. The van der Waals surface area contributed by atoms with E-state index < -0.39 is 51.8 Å².